The summed E-state index contributed by atoms with van der Waals surface area (Å²) in [6, 6.07) is 6.24. The van der Waals surface area contributed by atoms with Gasteiger partial charge in [0.05, 0.1) is 0 Å². The number of halogens is 2. The maximum absolute atomic E-state index is 6.05. The van der Waals surface area contributed by atoms with Crippen LogP contribution in [0.2, 0.25) is 5.02 Å². The Morgan fingerprint density at radius 3 is 2.35 bits per heavy atom. The SMILES string of the molecule is Clc1ccc(N2CCCCCCC2)c(CBr)c1. The molecule has 1 nitrogen and oxygen atoms in total. The first-order valence-corrected chi connectivity index (χ1v) is 7.90. The molecule has 0 radical (unpaired) electrons. The number of nitrogens with zero attached hydrogens (tertiary/aromatic N) is 1. The second-order valence-corrected chi connectivity index (χ2v) is 5.66. The summed E-state index contributed by atoms with van der Waals surface area (Å²) in [5.74, 6) is 0. The van der Waals surface area contributed by atoms with Gasteiger partial charge in [0, 0.05) is 29.1 Å². The number of hydrogen-bond donors (Lipinski definition) is 0. The molecule has 0 aromatic heterocycles. The first kappa shape index (κ1) is 13.2. The molecule has 1 aliphatic rings. The molecule has 0 saturated carbocycles. The number of benzene rings is 1. The highest BCUT2D eigenvalue weighted by Crippen LogP contribution is 2.28. The molecule has 94 valence electrons. The van der Waals surface area contributed by atoms with E-state index in [4.69, 9.17) is 11.6 Å². The van der Waals surface area contributed by atoms with Crippen molar-refractivity contribution in [3.8, 4) is 0 Å². The Bertz CT molecular complexity index is 359. The van der Waals surface area contributed by atoms with Crippen LogP contribution in [-0.2, 0) is 5.33 Å². The molecule has 0 spiro atoms. The molecule has 3 heteroatoms. The van der Waals surface area contributed by atoms with Gasteiger partial charge in [-0.2, -0.15) is 0 Å². The molecule has 1 fully saturated rings. The Labute approximate surface area is 117 Å². The molecule has 1 aliphatic heterocycles. The molecule has 0 bridgehead atoms. The summed E-state index contributed by atoms with van der Waals surface area (Å²) in [6.07, 6.45) is 6.76. The lowest BCUT2D eigenvalue weighted by Crippen LogP contribution is -2.27. The highest BCUT2D eigenvalue weighted by molar-refractivity contribution is 9.08. The molecule has 0 atom stereocenters. The first-order valence-electron chi connectivity index (χ1n) is 6.40. The van der Waals surface area contributed by atoms with Crippen molar-refractivity contribution in [3.05, 3.63) is 28.8 Å². The van der Waals surface area contributed by atoms with Crippen LogP contribution < -0.4 is 4.90 Å². The molecule has 1 aromatic rings. The largest absolute Gasteiger partial charge is 0.371 e. The monoisotopic (exact) mass is 315 g/mol. The van der Waals surface area contributed by atoms with Crippen molar-refractivity contribution in [3.63, 3.8) is 0 Å². The third kappa shape index (κ3) is 3.62. The van der Waals surface area contributed by atoms with Crippen LogP contribution >= 0.6 is 27.5 Å². The molecule has 1 saturated heterocycles. The molecule has 0 amide bonds. The van der Waals surface area contributed by atoms with Gasteiger partial charge in [-0.15, -0.1) is 0 Å². The lowest BCUT2D eigenvalue weighted by atomic mass is 10.1. The summed E-state index contributed by atoms with van der Waals surface area (Å²) in [4.78, 5) is 2.52. The lowest BCUT2D eigenvalue weighted by molar-refractivity contribution is 0.556. The highest BCUT2D eigenvalue weighted by atomic mass is 79.9. The Hall–Kier alpha value is -0.210. The van der Waals surface area contributed by atoms with Crippen LogP contribution in [0.25, 0.3) is 0 Å². The molecule has 17 heavy (non-hydrogen) atoms. The van der Waals surface area contributed by atoms with Gasteiger partial charge in [-0.3, -0.25) is 0 Å². The third-order valence-electron chi connectivity index (χ3n) is 3.38. The first-order chi connectivity index (χ1) is 8.31. The van der Waals surface area contributed by atoms with Gasteiger partial charge in [-0.25, -0.2) is 0 Å². The van der Waals surface area contributed by atoms with Gasteiger partial charge in [0.1, 0.15) is 0 Å². The Kier molecular flexibility index (Phi) is 5.17. The number of alkyl halides is 1. The fraction of sp³-hybridized carbons (Fsp3) is 0.571. The average Bonchev–Trinajstić information content (AvgIpc) is 2.29. The van der Waals surface area contributed by atoms with Crippen molar-refractivity contribution in [1.29, 1.82) is 0 Å². The van der Waals surface area contributed by atoms with Crippen molar-refractivity contribution >= 4 is 33.2 Å². The van der Waals surface area contributed by atoms with E-state index in [1.165, 1.54) is 56.4 Å². The summed E-state index contributed by atoms with van der Waals surface area (Å²) >= 11 is 9.61. The summed E-state index contributed by atoms with van der Waals surface area (Å²) in [7, 11) is 0. The van der Waals surface area contributed by atoms with E-state index in [0.29, 0.717) is 0 Å². The van der Waals surface area contributed by atoms with Crippen molar-refractivity contribution in [2.45, 2.75) is 37.4 Å². The summed E-state index contributed by atoms with van der Waals surface area (Å²) in [5.41, 5.74) is 2.66. The van der Waals surface area contributed by atoms with Crippen molar-refractivity contribution in [2.24, 2.45) is 0 Å². The van der Waals surface area contributed by atoms with E-state index >= 15 is 0 Å². The van der Waals surface area contributed by atoms with E-state index in [1.807, 2.05) is 6.07 Å². The van der Waals surface area contributed by atoms with Crippen LogP contribution in [0.4, 0.5) is 5.69 Å². The third-order valence-corrected chi connectivity index (χ3v) is 4.22. The second-order valence-electron chi connectivity index (χ2n) is 4.66. The second kappa shape index (κ2) is 6.65. The van der Waals surface area contributed by atoms with Crippen LogP contribution in [-0.4, -0.2) is 13.1 Å². The van der Waals surface area contributed by atoms with Gasteiger partial charge in [0.2, 0.25) is 0 Å². The van der Waals surface area contributed by atoms with Crippen LogP contribution in [0.5, 0.6) is 0 Å². The predicted molar refractivity (Wildman–Crippen MR) is 79.4 cm³/mol. The van der Waals surface area contributed by atoms with Crippen LogP contribution in [0, 0.1) is 0 Å². The van der Waals surface area contributed by atoms with Gasteiger partial charge in [0.25, 0.3) is 0 Å². The summed E-state index contributed by atoms with van der Waals surface area (Å²) < 4.78 is 0. The van der Waals surface area contributed by atoms with E-state index in [9.17, 15) is 0 Å². The summed E-state index contributed by atoms with van der Waals surface area (Å²) in [5, 5.41) is 1.70. The minimum Gasteiger partial charge on any atom is -0.371 e. The normalized spacial score (nSPS) is 17.6. The van der Waals surface area contributed by atoms with Gasteiger partial charge >= 0.3 is 0 Å². The number of anilines is 1. The molecular formula is C14H19BrClN. The molecular weight excluding hydrogens is 298 g/mol. The molecule has 0 aliphatic carbocycles. The molecule has 1 aromatic carbocycles. The van der Waals surface area contributed by atoms with E-state index in [1.54, 1.807) is 0 Å². The Morgan fingerprint density at radius 1 is 1.06 bits per heavy atom. The number of rotatable bonds is 2. The predicted octanol–water partition coefficient (Wildman–Crippen LogP) is 5.01. The zero-order valence-corrected chi connectivity index (χ0v) is 12.4. The van der Waals surface area contributed by atoms with Crippen LogP contribution in [0.1, 0.15) is 37.7 Å². The summed E-state index contributed by atoms with van der Waals surface area (Å²) in [6.45, 7) is 2.36. The quantitative estimate of drug-likeness (QED) is 0.694. The zero-order valence-electron chi connectivity index (χ0n) is 10.1. The fourth-order valence-corrected chi connectivity index (χ4v) is 3.10. The molecule has 0 N–H and O–H groups in total. The standard InChI is InChI=1S/C14H19BrClN/c15-11-12-10-13(16)6-7-14(12)17-8-4-2-1-3-5-9-17/h6-7,10H,1-5,8-9,11H2. The van der Waals surface area contributed by atoms with E-state index in [-0.39, 0.29) is 0 Å². The lowest BCUT2D eigenvalue weighted by Gasteiger charge is -2.28. The van der Waals surface area contributed by atoms with Gasteiger partial charge in [-0.1, -0.05) is 46.8 Å². The van der Waals surface area contributed by atoms with Gasteiger partial charge in [0.15, 0.2) is 0 Å². The maximum atomic E-state index is 6.05. The Morgan fingerprint density at radius 2 is 1.71 bits per heavy atom. The Balaban J connectivity index is 2.18. The van der Waals surface area contributed by atoms with Gasteiger partial charge < -0.3 is 4.90 Å². The molecule has 2 rings (SSSR count). The topological polar surface area (TPSA) is 3.24 Å². The van der Waals surface area contributed by atoms with Crippen molar-refractivity contribution in [1.82, 2.24) is 0 Å². The average molecular weight is 317 g/mol. The maximum Gasteiger partial charge on any atom is 0.0410 e. The smallest absolute Gasteiger partial charge is 0.0410 e. The van der Waals surface area contributed by atoms with Crippen molar-refractivity contribution in [2.75, 3.05) is 18.0 Å². The van der Waals surface area contributed by atoms with E-state index in [2.05, 4.69) is 33.0 Å². The number of hydrogen-bond acceptors (Lipinski definition) is 1. The fourth-order valence-electron chi connectivity index (χ4n) is 2.46. The van der Waals surface area contributed by atoms with E-state index < -0.39 is 0 Å². The van der Waals surface area contributed by atoms with Crippen LogP contribution in [0.3, 0.4) is 0 Å². The zero-order chi connectivity index (χ0) is 12.1. The van der Waals surface area contributed by atoms with Crippen LogP contribution in [0.15, 0.2) is 18.2 Å². The molecule has 0 unspecified atom stereocenters. The van der Waals surface area contributed by atoms with Crippen molar-refractivity contribution < 1.29 is 0 Å². The minimum atomic E-state index is 0.829. The highest BCUT2D eigenvalue weighted by Gasteiger charge is 2.12. The molecule has 1 heterocycles. The minimum absolute atomic E-state index is 0.829. The van der Waals surface area contributed by atoms with E-state index in [0.717, 1.165) is 10.4 Å². The van der Waals surface area contributed by atoms with Gasteiger partial charge in [-0.05, 0) is 36.6 Å².